The molecule has 14 heavy (non-hydrogen) atoms. The van der Waals surface area contributed by atoms with Crippen LogP contribution in [0.25, 0.3) is 0 Å². The highest BCUT2D eigenvalue weighted by Gasteiger charge is 2.03. The molecular formula is C9H16N4O. The third-order valence-electron chi connectivity index (χ3n) is 2.00. The first-order valence-electron chi connectivity index (χ1n) is 4.70. The van der Waals surface area contributed by atoms with Crippen molar-refractivity contribution in [2.75, 3.05) is 20.1 Å². The summed E-state index contributed by atoms with van der Waals surface area (Å²) in [5.74, 6) is 0. The minimum Gasteiger partial charge on any atom is -0.336 e. The number of urea groups is 1. The lowest BCUT2D eigenvalue weighted by molar-refractivity contribution is 0.210. The summed E-state index contributed by atoms with van der Waals surface area (Å²) in [6.07, 6.45) is 3.59. The van der Waals surface area contributed by atoms with Crippen molar-refractivity contribution >= 4 is 6.03 Å². The SMILES string of the molecule is CCN(C)C(=O)NCCn1cccn1. The highest BCUT2D eigenvalue weighted by Crippen LogP contribution is 1.85. The average Bonchev–Trinajstić information content (AvgIpc) is 2.69. The molecular weight excluding hydrogens is 180 g/mol. The van der Waals surface area contributed by atoms with E-state index >= 15 is 0 Å². The average molecular weight is 196 g/mol. The van der Waals surface area contributed by atoms with Gasteiger partial charge in [-0.25, -0.2) is 4.79 Å². The lowest BCUT2D eigenvalue weighted by atomic mass is 10.6. The molecule has 0 saturated carbocycles. The number of nitrogens with zero attached hydrogens (tertiary/aromatic N) is 3. The zero-order valence-corrected chi connectivity index (χ0v) is 8.60. The molecule has 1 aromatic heterocycles. The van der Waals surface area contributed by atoms with Gasteiger partial charge in [0.1, 0.15) is 0 Å². The van der Waals surface area contributed by atoms with Crippen LogP contribution < -0.4 is 5.32 Å². The van der Waals surface area contributed by atoms with Crippen LogP contribution >= 0.6 is 0 Å². The van der Waals surface area contributed by atoms with Crippen molar-refractivity contribution in [2.24, 2.45) is 0 Å². The smallest absolute Gasteiger partial charge is 0.317 e. The van der Waals surface area contributed by atoms with E-state index in [0.717, 1.165) is 0 Å². The van der Waals surface area contributed by atoms with E-state index in [4.69, 9.17) is 0 Å². The van der Waals surface area contributed by atoms with Gasteiger partial charge in [0.25, 0.3) is 0 Å². The molecule has 0 aliphatic rings. The number of rotatable bonds is 4. The maximum atomic E-state index is 11.3. The molecule has 1 heterocycles. The Labute approximate surface area is 83.7 Å². The van der Waals surface area contributed by atoms with Gasteiger partial charge < -0.3 is 10.2 Å². The van der Waals surface area contributed by atoms with E-state index in [1.165, 1.54) is 0 Å². The number of aromatic nitrogens is 2. The zero-order valence-electron chi connectivity index (χ0n) is 8.60. The Morgan fingerprint density at radius 3 is 3.00 bits per heavy atom. The second-order valence-corrected chi connectivity index (χ2v) is 3.02. The zero-order chi connectivity index (χ0) is 10.4. The van der Waals surface area contributed by atoms with Crippen molar-refractivity contribution in [3.8, 4) is 0 Å². The molecule has 0 fully saturated rings. The van der Waals surface area contributed by atoms with Crippen LogP contribution in [0.3, 0.4) is 0 Å². The third kappa shape index (κ3) is 3.08. The molecule has 78 valence electrons. The largest absolute Gasteiger partial charge is 0.336 e. The molecule has 1 rings (SSSR count). The second-order valence-electron chi connectivity index (χ2n) is 3.02. The molecule has 1 aromatic rings. The van der Waals surface area contributed by atoms with Crippen molar-refractivity contribution in [1.29, 1.82) is 0 Å². The molecule has 0 aliphatic heterocycles. The van der Waals surface area contributed by atoms with Crippen LogP contribution in [-0.2, 0) is 6.54 Å². The first-order chi connectivity index (χ1) is 6.74. The highest BCUT2D eigenvalue weighted by atomic mass is 16.2. The summed E-state index contributed by atoms with van der Waals surface area (Å²) in [4.78, 5) is 12.9. The van der Waals surface area contributed by atoms with E-state index in [9.17, 15) is 4.79 Å². The van der Waals surface area contributed by atoms with Gasteiger partial charge in [0.05, 0.1) is 6.54 Å². The van der Waals surface area contributed by atoms with Crippen molar-refractivity contribution in [1.82, 2.24) is 20.0 Å². The van der Waals surface area contributed by atoms with Crippen LogP contribution in [0.4, 0.5) is 4.79 Å². The van der Waals surface area contributed by atoms with Gasteiger partial charge in [0, 0.05) is 32.5 Å². The lowest BCUT2D eigenvalue weighted by Crippen LogP contribution is -2.38. The van der Waals surface area contributed by atoms with Crippen molar-refractivity contribution in [2.45, 2.75) is 13.5 Å². The first kappa shape index (κ1) is 10.6. The fourth-order valence-electron chi connectivity index (χ4n) is 0.989. The van der Waals surface area contributed by atoms with Gasteiger partial charge in [0.15, 0.2) is 0 Å². The molecule has 1 N–H and O–H groups in total. The fraction of sp³-hybridized carbons (Fsp3) is 0.556. The van der Waals surface area contributed by atoms with Crippen molar-refractivity contribution in [3.63, 3.8) is 0 Å². The van der Waals surface area contributed by atoms with Gasteiger partial charge >= 0.3 is 6.03 Å². The molecule has 0 spiro atoms. The van der Waals surface area contributed by atoms with Gasteiger partial charge in [-0.05, 0) is 13.0 Å². The number of hydrogen-bond acceptors (Lipinski definition) is 2. The van der Waals surface area contributed by atoms with E-state index in [1.54, 1.807) is 22.8 Å². The van der Waals surface area contributed by atoms with Gasteiger partial charge in [0.2, 0.25) is 0 Å². The van der Waals surface area contributed by atoms with E-state index in [2.05, 4.69) is 10.4 Å². The Morgan fingerprint density at radius 2 is 2.43 bits per heavy atom. The Hall–Kier alpha value is -1.52. The fourth-order valence-corrected chi connectivity index (χ4v) is 0.989. The van der Waals surface area contributed by atoms with Gasteiger partial charge in [-0.3, -0.25) is 4.68 Å². The van der Waals surface area contributed by atoms with Crippen LogP contribution in [0.15, 0.2) is 18.5 Å². The minimum atomic E-state index is -0.0420. The van der Waals surface area contributed by atoms with Crippen LogP contribution in [0.5, 0.6) is 0 Å². The molecule has 0 atom stereocenters. The number of hydrogen-bond donors (Lipinski definition) is 1. The summed E-state index contributed by atoms with van der Waals surface area (Å²) >= 11 is 0. The maximum Gasteiger partial charge on any atom is 0.317 e. The maximum absolute atomic E-state index is 11.3. The van der Waals surface area contributed by atoms with Gasteiger partial charge in [-0.2, -0.15) is 5.10 Å². The molecule has 0 bridgehead atoms. The molecule has 5 heteroatoms. The lowest BCUT2D eigenvalue weighted by Gasteiger charge is -2.15. The number of carbonyl (C=O) groups excluding carboxylic acids is 1. The second kappa shape index (κ2) is 5.26. The predicted molar refractivity (Wildman–Crippen MR) is 53.9 cm³/mol. The van der Waals surface area contributed by atoms with Crippen molar-refractivity contribution in [3.05, 3.63) is 18.5 Å². The number of carbonyl (C=O) groups is 1. The molecule has 0 radical (unpaired) electrons. The summed E-state index contributed by atoms with van der Waals surface area (Å²) in [5, 5.41) is 6.83. The van der Waals surface area contributed by atoms with E-state index in [-0.39, 0.29) is 6.03 Å². The standard InChI is InChI=1S/C9H16N4O/c1-3-12(2)9(14)10-6-8-13-7-4-5-11-13/h4-5,7H,3,6,8H2,1-2H3,(H,10,14). The Balaban J connectivity index is 2.18. The van der Waals surface area contributed by atoms with Gasteiger partial charge in [-0.1, -0.05) is 0 Å². The predicted octanol–water partition coefficient (Wildman–Crippen LogP) is 0.544. The summed E-state index contributed by atoms with van der Waals surface area (Å²) in [6, 6.07) is 1.82. The molecule has 0 aromatic carbocycles. The molecule has 0 saturated heterocycles. The Morgan fingerprint density at radius 1 is 1.64 bits per heavy atom. The summed E-state index contributed by atoms with van der Waals surface area (Å²) < 4.78 is 1.78. The van der Waals surface area contributed by atoms with Crippen LogP contribution in [0.1, 0.15) is 6.92 Å². The number of nitrogens with one attached hydrogen (secondary N) is 1. The van der Waals surface area contributed by atoms with E-state index in [0.29, 0.717) is 19.6 Å². The first-order valence-corrected chi connectivity index (χ1v) is 4.70. The van der Waals surface area contributed by atoms with Gasteiger partial charge in [-0.15, -0.1) is 0 Å². The third-order valence-corrected chi connectivity index (χ3v) is 2.00. The van der Waals surface area contributed by atoms with Crippen molar-refractivity contribution < 1.29 is 4.79 Å². The summed E-state index contributed by atoms with van der Waals surface area (Å²) in [6.45, 7) is 3.96. The Bertz CT molecular complexity index is 270. The van der Waals surface area contributed by atoms with Crippen LogP contribution in [0.2, 0.25) is 0 Å². The van der Waals surface area contributed by atoms with Crippen LogP contribution in [0, 0.1) is 0 Å². The van der Waals surface area contributed by atoms with E-state index < -0.39 is 0 Å². The quantitative estimate of drug-likeness (QED) is 0.764. The molecule has 0 aliphatic carbocycles. The summed E-state index contributed by atoms with van der Waals surface area (Å²) in [7, 11) is 1.77. The minimum absolute atomic E-state index is 0.0420. The number of amides is 2. The summed E-state index contributed by atoms with van der Waals surface area (Å²) in [5.41, 5.74) is 0. The molecule has 2 amide bonds. The Kier molecular flexibility index (Phi) is 3.97. The van der Waals surface area contributed by atoms with Crippen LogP contribution in [-0.4, -0.2) is 40.8 Å². The molecule has 5 nitrogen and oxygen atoms in total. The van der Waals surface area contributed by atoms with E-state index in [1.807, 2.05) is 19.2 Å². The monoisotopic (exact) mass is 196 g/mol. The highest BCUT2D eigenvalue weighted by molar-refractivity contribution is 5.73. The normalized spacial score (nSPS) is 9.86. The topological polar surface area (TPSA) is 50.2 Å². The molecule has 0 unspecified atom stereocenters.